The van der Waals surface area contributed by atoms with Crippen LogP contribution in [0.3, 0.4) is 0 Å². The first kappa shape index (κ1) is 17.2. The maximum Gasteiger partial charge on any atom is 0.323 e. The Hall–Kier alpha value is -1.66. The molecular weight excluding hydrogens is 370 g/mol. The van der Waals surface area contributed by atoms with Gasteiger partial charge in [-0.25, -0.2) is 4.98 Å². The Balaban J connectivity index is 1.66. The van der Waals surface area contributed by atoms with Crippen molar-refractivity contribution < 1.29 is 9.53 Å². The lowest BCUT2D eigenvalue weighted by atomic mass is 10.1. The third-order valence-corrected chi connectivity index (χ3v) is 4.45. The van der Waals surface area contributed by atoms with Gasteiger partial charge >= 0.3 is 5.97 Å². The summed E-state index contributed by atoms with van der Waals surface area (Å²) >= 11 is 3.44. The Morgan fingerprint density at radius 1 is 1.25 bits per heavy atom. The van der Waals surface area contributed by atoms with Gasteiger partial charge in [0.2, 0.25) is 0 Å². The molecule has 1 aliphatic rings. The molecule has 1 aromatic carbocycles. The Morgan fingerprint density at radius 2 is 1.96 bits per heavy atom. The average molecular weight is 392 g/mol. The largest absolute Gasteiger partial charge is 0.459 e. The zero-order chi connectivity index (χ0) is 17.3. The first-order chi connectivity index (χ1) is 11.3. The van der Waals surface area contributed by atoms with E-state index in [9.17, 15) is 4.79 Å². The van der Waals surface area contributed by atoms with Gasteiger partial charge in [-0.2, -0.15) is 0 Å². The molecule has 1 fully saturated rings. The number of hydrogen-bond donors (Lipinski definition) is 2. The highest BCUT2D eigenvalue weighted by molar-refractivity contribution is 9.10. The van der Waals surface area contributed by atoms with Gasteiger partial charge < -0.3 is 9.72 Å². The molecule has 1 saturated heterocycles. The second-order valence-electron chi connectivity index (χ2n) is 7.07. The number of nitrogens with one attached hydrogen (secondary N) is 2. The lowest BCUT2D eigenvalue weighted by Crippen LogP contribution is -2.38. The highest BCUT2D eigenvalue weighted by atomic mass is 79.9. The van der Waals surface area contributed by atoms with Crippen LogP contribution < -0.4 is 5.32 Å². The van der Waals surface area contributed by atoms with Crippen LogP contribution in [0.15, 0.2) is 34.9 Å². The number of halogens is 1. The van der Waals surface area contributed by atoms with E-state index in [1.165, 1.54) is 0 Å². The SMILES string of the molecule is CC(C)(C)OC(=O)C1CCC(c2ncc(-c3ccc(Br)cc3)[nH]2)N1. The summed E-state index contributed by atoms with van der Waals surface area (Å²) in [4.78, 5) is 20.0. The van der Waals surface area contributed by atoms with Crippen LogP contribution in [0.2, 0.25) is 0 Å². The van der Waals surface area contributed by atoms with Crippen molar-refractivity contribution in [2.24, 2.45) is 0 Å². The fourth-order valence-electron chi connectivity index (χ4n) is 2.81. The third kappa shape index (κ3) is 4.05. The summed E-state index contributed by atoms with van der Waals surface area (Å²) in [6.07, 6.45) is 3.45. The fraction of sp³-hybridized carbons (Fsp3) is 0.444. The maximum absolute atomic E-state index is 12.2. The molecule has 2 atom stereocenters. The summed E-state index contributed by atoms with van der Waals surface area (Å²) in [7, 11) is 0. The van der Waals surface area contributed by atoms with Crippen molar-refractivity contribution in [1.82, 2.24) is 15.3 Å². The minimum atomic E-state index is -0.462. The minimum Gasteiger partial charge on any atom is -0.459 e. The minimum absolute atomic E-state index is 0.0479. The van der Waals surface area contributed by atoms with Crippen molar-refractivity contribution in [3.05, 3.63) is 40.8 Å². The smallest absolute Gasteiger partial charge is 0.323 e. The lowest BCUT2D eigenvalue weighted by Gasteiger charge is -2.22. The number of nitrogens with zero attached hydrogens (tertiary/aromatic N) is 1. The number of rotatable bonds is 3. The van der Waals surface area contributed by atoms with Gasteiger partial charge in [-0.15, -0.1) is 0 Å². The normalized spacial score (nSPS) is 21.0. The zero-order valence-corrected chi connectivity index (χ0v) is 15.7. The second kappa shape index (κ2) is 6.69. The van der Waals surface area contributed by atoms with Gasteiger partial charge in [0.15, 0.2) is 0 Å². The molecule has 1 aromatic heterocycles. The number of ether oxygens (including phenoxy) is 1. The number of aromatic nitrogens is 2. The van der Waals surface area contributed by atoms with E-state index >= 15 is 0 Å². The summed E-state index contributed by atoms with van der Waals surface area (Å²) in [5, 5.41) is 3.33. The molecule has 1 aliphatic heterocycles. The van der Waals surface area contributed by atoms with Gasteiger partial charge in [0.1, 0.15) is 17.5 Å². The van der Waals surface area contributed by atoms with E-state index < -0.39 is 5.60 Å². The first-order valence-corrected chi connectivity index (χ1v) is 8.91. The van der Waals surface area contributed by atoms with Crippen LogP contribution in [0.4, 0.5) is 0 Å². The molecule has 2 heterocycles. The standard InChI is InChI=1S/C18H22BrN3O2/c1-18(2,3)24-17(23)14-9-8-13(21-14)16-20-10-15(22-16)11-4-6-12(19)7-5-11/h4-7,10,13-14,21H,8-9H2,1-3H3,(H,20,22). The highest BCUT2D eigenvalue weighted by Gasteiger charge is 2.34. The molecule has 0 saturated carbocycles. The molecule has 2 unspecified atom stereocenters. The molecule has 0 amide bonds. The molecule has 5 nitrogen and oxygen atoms in total. The fourth-order valence-corrected chi connectivity index (χ4v) is 3.07. The third-order valence-electron chi connectivity index (χ3n) is 3.92. The number of carbonyl (C=O) groups is 1. The van der Waals surface area contributed by atoms with E-state index in [-0.39, 0.29) is 18.1 Å². The maximum atomic E-state index is 12.2. The van der Waals surface area contributed by atoms with Gasteiger partial charge in [0, 0.05) is 4.47 Å². The van der Waals surface area contributed by atoms with Crippen molar-refractivity contribution in [1.29, 1.82) is 0 Å². The van der Waals surface area contributed by atoms with E-state index in [4.69, 9.17) is 4.74 Å². The molecule has 0 radical (unpaired) electrons. The Morgan fingerprint density at radius 3 is 2.62 bits per heavy atom. The van der Waals surface area contributed by atoms with Crippen molar-refractivity contribution in [3.8, 4) is 11.3 Å². The Bertz CT molecular complexity index is 719. The number of benzene rings is 1. The number of hydrogen-bond acceptors (Lipinski definition) is 4. The lowest BCUT2D eigenvalue weighted by molar-refractivity contribution is -0.157. The van der Waals surface area contributed by atoms with E-state index in [1.807, 2.05) is 51.2 Å². The molecule has 0 aliphatic carbocycles. The van der Waals surface area contributed by atoms with Crippen LogP contribution in [-0.4, -0.2) is 27.6 Å². The molecule has 128 valence electrons. The quantitative estimate of drug-likeness (QED) is 0.776. The van der Waals surface area contributed by atoms with Gasteiger partial charge in [-0.05, 0) is 51.3 Å². The molecule has 24 heavy (non-hydrogen) atoms. The predicted molar refractivity (Wildman–Crippen MR) is 96.5 cm³/mol. The topological polar surface area (TPSA) is 67.0 Å². The molecule has 2 N–H and O–H groups in total. The molecule has 6 heteroatoms. The molecule has 0 bridgehead atoms. The number of H-pyrrole nitrogens is 1. The Kier molecular flexibility index (Phi) is 4.78. The first-order valence-electron chi connectivity index (χ1n) is 8.11. The predicted octanol–water partition coefficient (Wildman–Crippen LogP) is 3.97. The number of carbonyl (C=O) groups excluding carboxylic acids is 1. The van der Waals surface area contributed by atoms with Crippen LogP contribution in [-0.2, 0) is 9.53 Å². The summed E-state index contributed by atoms with van der Waals surface area (Å²) in [5.41, 5.74) is 1.59. The Labute approximate surface area is 150 Å². The van der Waals surface area contributed by atoms with Gasteiger partial charge in [0.25, 0.3) is 0 Å². The van der Waals surface area contributed by atoms with Gasteiger partial charge in [-0.3, -0.25) is 10.1 Å². The van der Waals surface area contributed by atoms with Crippen LogP contribution >= 0.6 is 15.9 Å². The number of imidazole rings is 1. The molecular formula is C18H22BrN3O2. The summed E-state index contributed by atoms with van der Waals surface area (Å²) in [6.45, 7) is 5.65. The zero-order valence-electron chi connectivity index (χ0n) is 14.1. The highest BCUT2D eigenvalue weighted by Crippen LogP contribution is 2.28. The van der Waals surface area contributed by atoms with Crippen molar-refractivity contribution in [2.45, 2.75) is 51.3 Å². The summed E-state index contributed by atoms with van der Waals surface area (Å²) in [6, 6.07) is 7.85. The van der Waals surface area contributed by atoms with Crippen LogP contribution in [0.25, 0.3) is 11.3 Å². The second-order valence-corrected chi connectivity index (χ2v) is 7.99. The monoisotopic (exact) mass is 391 g/mol. The van der Waals surface area contributed by atoms with Gasteiger partial charge in [-0.1, -0.05) is 28.1 Å². The summed E-state index contributed by atoms with van der Waals surface area (Å²) in [5.74, 6) is 0.670. The summed E-state index contributed by atoms with van der Waals surface area (Å²) < 4.78 is 6.50. The molecule has 2 aromatic rings. The van der Waals surface area contributed by atoms with Crippen LogP contribution in [0, 0.1) is 0 Å². The number of aromatic amines is 1. The van der Waals surface area contributed by atoms with Crippen LogP contribution in [0.5, 0.6) is 0 Å². The van der Waals surface area contributed by atoms with Crippen LogP contribution in [0.1, 0.15) is 45.5 Å². The van der Waals surface area contributed by atoms with Crippen molar-refractivity contribution >= 4 is 21.9 Å². The van der Waals surface area contributed by atoms with E-state index in [2.05, 4.69) is 31.2 Å². The van der Waals surface area contributed by atoms with E-state index in [1.54, 1.807) is 0 Å². The average Bonchev–Trinajstić information content (AvgIpc) is 3.15. The van der Waals surface area contributed by atoms with Crippen molar-refractivity contribution in [2.75, 3.05) is 0 Å². The number of esters is 1. The van der Waals surface area contributed by atoms with Gasteiger partial charge in [0.05, 0.1) is 17.9 Å². The van der Waals surface area contributed by atoms with E-state index in [0.717, 1.165) is 34.4 Å². The van der Waals surface area contributed by atoms with Crippen molar-refractivity contribution in [3.63, 3.8) is 0 Å². The van der Waals surface area contributed by atoms with E-state index in [0.29, 0.717) is 0 Å². The molecule has 3 rings (SSSR count). The molecule has 0 spiro atoms.